The number of nitrogens with zero attached hydrogens (tertiary/aromatic N) is 1. The van der Waals surface area contributed by atoms with Gasteiger partial charge in [0.15, 0.2) is 18.1 Å². The van der Waals surface area contributed by atoms with Gasteiger partial charge in [0, 0.05) is 23.5 Å². The number of esters is 1. The molecule has 7 nitrogen and oxygen atoms in total. The molecule has 0 saturated heterocycles. The van der Waals surface area contributed by atoms with Crippen LogP contribution in [0.2, 0.25) is 0 Å². The molecule has 3 rings (SSSR count). The van der Waals surface area contributed by atoms with Gasteiger partial charge in [0.2, 0.25) is 5.78 Å². The lowest BCUT2D eigenvalue weighted by molar-refractivity contribution is 0.0474. The maximum absolute atomic E-state index is 12.7. The minimum Gasteiger partial charge on any atom is -0.508 e. The molecular weight excluding hydrogens is 410 g/mol. The maximum Gasteiger partial charge on any atom is 0.338 e. The van der Waals surface area contributed by atoms with Gasteiger partial charge in [-0.05, 0) is 62.2 Å². The van der Waals surface area contributed by atoms with Crippen molar-refractivity contribution in [3.05, 3.63) is 76.6 Å². The number of carbonyl (C=O) groups excluding carboxylic acids is 2. The van der Waals surface area contributed by atoms with Crippen LogP contribution in [0.4, 0.5) is 0 Å². The number of hydrogen-bond acceptors (Lipinski definition) is 6. The van der Waals surface area contributed by atoms with Gasteiger partial charge in [-0.3, -0.25) is 4.79 Å². The second-order valence-corrected chi connectivity index (χ2v) is 7.43. The van der Waals surface area contributed by atoms with E-state index in [1.807, 2.05) is 38.1 Å². The molecule has 0 unspecified atom stereocenters. The Kier molecular flexibility index (Phi) is 7.20. The number of ketones is 1. The molecule has 1 N–H and O–H groups in total. The number of methoxy groups -OCH3 is 2. The molecule has 0 fully saturated rings. The predicted octanol–water partition coefficient (Wildman–Crippen LogP) is 4.11. The number of ether oxygens (including phenoxy) is 3. The van der Waals surface area contributed by atoms with Gasteiger partial charge in [0.25, 0.3) is 0 Å². The highest BCUT2D eigenvalue weighted by atomic mass is 16.5. The van der Waals surface area contributed by atoms with Gasteiger partial charge in [-0.15, -0.1) is 0 Å². The van der Waals surface area contributed by atoms with Crippen LogP contribution in [0.1, 0.15) is 37.7 Å². The molecule has 7 heteroatoms. The summed E-state index contributed by atoms with van der Waals surface area (Å²) in [4.78, 5) is 24.8. The van der Waals surface area contributed by atoms with Gasteiger partial charge in [-0.1, -0.05) is 12.1 Å². The van der Waals surface area contributed by atoms with Crippen LogP contribution in [-0.2, 0) is 17.7 Å². The molecule has 1 heterocycles. The Hall–Kier alpha value is -3.74. The van der Waals surface area contributed by atoms with E-state index in [1.54, 1.807) is 20.3 Å². The van der Waals surface area contributed by atoms with E-state index in [4.69, 9.17) is 14.2 Å². The van der Waals surface area contributed by atoms with Crippen molar-refractivity contribution in [2.75, 3.05) is 20.8 Å². The Morgan fingerprint density at radius 3 is 2.41 bits per heavy atom. The Balaban J connectivity index is 1.66. The fourth-order valence-corrected chi connectivity index (χ4v) is 3.63. The maximum atomic E-state index is 12.7. The summed E-state index contributed by atoms with van der Waals surface area (Å²) in [5, 5.41) is 9.48. The van der Waals surface area contributed by atoms with Gasteiger partial charge >= 0.3 is 5.97 Å². The fourth-order valence-electron chi connectivity index (χ4n) is 3.63. The van der Waals surface area contributed by atoms with Gasteiger partial charge in [0.05, 0.1) is 19.8 Å². The molecule has 0 aliphatic rings. The summed E-state index contributed by atoms with van der Waals surface area (Å²) < 4.78 is 17.9. The molecule has 0 aliphatic carbocycles. The lowest BCUT2D eigenvalue weighted by atomic mass is 10.1. The van der Waals surface area contributed by atoms with Gasteiger partial charge < -0.3 is 23.9 Å². The highest BCUT2D eigenvalue weighted by Crippen LogP contribution is 2.28. The summed E-state index contributed by atoms with van der Waals surface area (Å²) in [5.41, 5.74) is 3.58. The van der Waals surface area contributed by atoms with Crippen LogP contribution in [0.25, 0.3) is 0 Å². The van der Waals surface area contributed by atoms with Crippen LogP contribution in [0.3, 0.4) is 0 Å². The van der Waals surface area contributed by atoms with Crippen LogP contribution >= 0.6 is 0 Å². The van der Waals surface area contributed by atoms with Crippen molar-refractivity contribution in [3.8, 4) is 17.2 Å². The number of phenolic OH excluding ortho intramolecular Hbond substituents is 1. The zero-order valence-electron chi connectivity index (χ0n) is 18.7. The molecule has 168 valence electrons. The Bertz CT molecular complexity index is 1130. The van der Waals surface area contributed by atoms with Gasteiger partial charge in [-0.2, -0.15) is 0 Å². The van der Waals surface area contributed by atoms with E-state index in [0.717, 1.165) is 23.4 Å². The molecule has 0 saturated carbocycles. The number of phenols is 1. The first kappa shape index (κ1) is 22.9. The standard InChI is InChI=1S/C25H27NO6/c1-16-12-21(22(28)15-32-25(29)19-6-5-7-20(27)14-19)17(2)26(16)11-10-18-8-9-23(30-3)24(13-18)31-4/h5-9,12-14,27H,10-11,15H2,1-4H3. The average Bonchev–Trinajstić information content (AvgIpc) is 3.08. The van der Waals surface area contributed by atoms with Crippen LogP contribution in [-0.4, -0.2) is 42.3 Å². The molecule has 0 spiro atoms. The molecule has 32 heavy (non-hydrogen) atoms. The third-order valence-electron chi connectivity index (χ3n) is 5.36. The summed E-state index contributed by atoms with van der Waals surface area (Å²) >= 11 is 0. The minimum absolute atomic E-state index is 0.0381. The van der Waals surface area contributed by atoms with Crippen molar-refractivity contribution in [1.82, 2.24) is 4.57 Å². The van der Waals surface area contributed by atoms with Crippen LogP contribution < -0.4 is 9.47 Å². The first-order valence-corrected chi connectivity index (χ1v) is 10.2. The van der Waals surface area contributed by atoms with Crippen molar-refractivity contribution in [2.45, 2.75) is 26.8 Å². The van der Waals surface area contributed by atoms with E-state index in [9.17, 15) is 14.7 Å². The summed E-state index contributed by atoms with van der Waals surface area (Å²) in [7, 11) is 3.21. The van der Waals surface area contributed by atoms with E-state index in [2.05, 4.69) is 4.57 Å². The highest BCUT2D eigenvalue weighted by Gasteiger charge is 2.18. The normalized spacial score (nSPS) is 10.6. The lowest BCUT2D eigenvalue weighted by Crippen LogP contribution is -2.15. The van der Waals surface area contributed by atoms with E-state index in [1.165, 1.54) is 18.2 Å². The Morgan fingerprint density at radius 2 is 1.72 bits per heavy atom. The highest BCUT2D eigenvalue weighted by molar-refractivity contribution is 6.00. The molecule has 0 bridgehead atoms. The summed E-state index contributed by atoms with van der Waals surface area (Å²) in [6, 6.07) is 13.4. The van der Waals surface area contributed by atoms with Crippen molar-refractivity contribution < 1.29 is 28.9 Å². The third kappa shape index (κ3) is 5.11. The smallest absolute Gasteiger partial charge is 0.338 e. The number of aromatic hydroxyl groups is 1. The molecule has 0 aliphatic heterocycles. The summed E-state index contributed by atoms with van der Waals surface area (Å²) in [6.07, 6.45) is 0.747. The van der Waals surface area contributed by atoms with Crippen molar-refractivity contribution in [1.29, 1.82) is 0 Å². The molecule has 3 aromatic rings. The quantitative estimate of drug-likeness (QED) is 0.400. The van der Waals surface area contributed by atoms with Crippen molar-refractivity contribution >= 4 is 11.8 Å². The molecule has 0 radical (unpaired) electrons. The first-order chi connectivity index (χ1) is 15.3. The number of hydrogen-bond donors (Lipinski definition) is 1. The zero-order chi connectivity index (χ0) is 23.3. The fraction of sp³-hybridized carbons (Fsp3) is 0.280. The molecule has 0 atom stereocenters. The average molecular weight is 437 g/mol. The van der Waals surface area contributed by atoms with E-state index in [-0.39, 0.29) is 23.7 Å². The first-order valence-electron chi connectivity index (χ1n) is 10.2. The number of carbonyl (C=O) groups is 2. The monoisotopic (exact) mass is 437 g/mol. The minimum atomic E-state index is -0.656. The van der Waals surface area contributed by atoms with Crippen LogP contribution in [0.15, 0.2) is 48.5 Å². The summed E-state index contributed by atoms with van der Waals surface area (Å²) in [5.74, 6) is 0.386. The number of aromatic nitrogens is 1. The van der Waals surface area contributed by atoms with Crippen LogP contribution in [0.5, 0.6) is 17.2 Å². The van der Waals surface area contributed by atoms with Gasteiger partial charge in [-0.25, -0.2) is 4.79 Å². The van der Waals surface area contributed by atoms with Crippen molar-refractivity contribution in [2.24, 2.45) is 0 Å². The number of aryl methyl sites for hydroxylation is 2. The zero-order valence-corrected chi connectivity index (χ0v) is 18.7. The largest absolute Gasteiger partial charge is 0.508 e. The predicted molar refractivity (Wildman–Crippen MR) is 120 cm³/mol. The number of Topliss-reactive ketones (excluding diaryl/α,β-unsaturated/α-hetero) is 1. The van der Waals surface area contributed by atoms with E-state index in [0.29, 0.717) is 23.6 Å². The van der Waals surface area contributed by atoms with Crippen LogP contribution in [0, 0.1) is 13.8 Å². The molecule has 0 amide bonds. The Morgan fingerprint density at radius 1 is 0.969 bits per heavy atom. The van der Waals surface area contributed by atoms with E-state index < -0.39 is 5.97 Å². The molecular formula is C25H27NO6. The number of benzene rings is 2. The second-order valence-electron chi connectivity index (χ2n) is 7.43. The summed E-state index contributed by atoms with van der Waals surface area (Å²) in [6.45, 7) is 4.14. The topological polar surface area (TPSA) is 87.0 Å². The molecule has 1 aromatic heterocycles. The van der Waals surface area contributed by atoms with E-state index >= 15 is 0 Å². The van der Waals surface area contributed by atoms with Gasteiger partial charge in [0.1, 0.15) is 5.75 Å². The second kappa shape index (κ2) is 10.0. The Labute approximate surface area is 187 Å². The number of rotatable bonds is 9. The van der Waals surface area contributed by atoms with Crippen molar-refractivity contribution in [3.63, 3.8) is 0 Å². The third-order valence-corrected chi connectivity index (χ3v) is 5.36. The SMILES string of the molecule is COc1ccc(CCn2c(C)cc(C(=O)COC(=O)c3cccc(O)c3)c2C)cc1OC. The molecule has 2 aromatic carbocycles. The lowest BCUT2D eigenvalue weighted by Gasteiger charge is -2.12.